The highest BCUT2D eigenvalue weighted by molar-refractivity contribution is 7.80. The van der Waals surface area contributed by atoms with Crippen molar-refractivity contribution in [3.8, 4) is 0 Å². The highest BCUT2D eigenvalue weighted by Gasteiger charge is 2.22. The number of benzene rings is 1. The molecule has 0 aliphatic carbocycles. The minimum atomic E-state index is 0.782. The zero-order chi connectivity index (χ0) is 19.5. The number of hydrogen-bond acceptors (Lipinski definition) is 4. The third-order valence-corrected chi connectivity index (χ3v) is 6.83. The predicted octanol–water partition coefficient (Wildman–Crippen LogP) is 5.24. The molecule has 1 unspecified atom stereocenters. The van der Waals surface area contributed by atoms with Crippen molar-refractivity contribution in [1.82, 2.24) is 4.98 Å². The molecular formula is C24H33N3S. The zero-order valence-corrected chi connectivity index (χ0v) is 18.2. The molecule has 3 heterocycles. The molecule has 3 nitrogen and oxygen atoms in total. The molecule has 2 aromatic rings. The van der Waals surface area contributed by atoms with Gasteiger partial charge in [0.15, 0.2) is 0 Å². The molecule has 2 aliphatic rings. The SMILES string of the molecule is CCc1cc(N2CCC(Cc3ccc(N4CCC(C)C4)cc3)CC2)c(S)cn1. The summed E-state index contributed by atoms with van der Waals surface area (Å²) < 4.78 is 0. The fourth-order valence-electron chi connectivity index (χ4n) is 4.65. The van der Waals surface area contributed by atoms with E-state index < -0.39 is 0 Å². The minimum absolute atomic E-state index is 0.782. The molecule has 2 fully saturated rings. The van der Waals surface area contributed by atoms with Crippen molar-refractivity contribution in [3.63, 3.8) is 0 Å². The third-order valence-electron chi connectivity index (χ3n) is 6.49. The maximum absolute atomic E-state index is 4.64. The zero-order valence-electron chi connectivity index (χ0n) is 17.3. The summed E-state index contributed by atoms with van der Waals surface area (Å²) in [5, 5.41) is 0. The van der Waals surface area contributed by atoms with Gasteiger partial charge in [0, 0.05) is 48.7 Å². The van der Waals surface area contributed by atoms with Crippen molar-refractivity contribution in [3.05, 3.63) is 47.8 Å². The van der Waals surface area contributed by atoms with Crippen LogP contribution >= 0.6 is 12.6 Å². The second-order valence-corrected chi connectivity index (χ2v) is 9.14. The fourth-order valence-corrected chi connectivity index (χ4v) is 4.91. The lowest BCUT2D eigenvalue weighted by Gasteiger charge is -2.34. The average molecular weight is 396 g/mol. The Hall–Kier alpha value is -1.68. The Labute approximate surface area is 175 Å². The Morgan fingerprint density at radius 3 is 2.39 bits per heavy atom. The first-order chi connectivity index (χ1) is 13.6. The molecular weight excluding hydrogens is 362 g/mol. The number of aryl methyl sites for hydroxylation is 1. The normalized spacial score (nSPS) is 20.8. The van der Waals surface area contributed by atoms with Crippen LogP contribution in [-0.2, 0) is 12.8 Å². The first-order valence-corrected chi connectivity index (χ1v) is 11.3. The summed E-state index contributed by atoms with van der Waals surface area (Å²) in [5.74, 6) is 1.61. The molecule has 0 saturated carbocycles. The van der Waals surface area contributed by atoms with E-state index in [1.54, 1.807) is 0 Å². The first-order valence-electron chi connectivity index (χ1n) is 10.9. The molecule has 0 spiro atoms. The van der Waals surface area contributed by atoms with Crippen LogP contribution in [0, 0.1) is 11.8 Å². The van der Waals surface area contributed by atoms with Crippen LogP contribution in [0.3, 0.4) is 0 Å². The number of piperidine rings is 1. The van der Waals surface area contributed by atoms with Crippen LogP contribution in [0.25, 0.3) is 0 Å². The van der Waals surface area contributed by atoms with E-state index in [0.29, 0.717) is 0 Å². The van der Waals surface area contributed by atoms with Gasteiger partial charge in [-0.1, -0.05) is 26.0 Å². The number of nitrogens with zero attached hydrogens (tertiary/aromatic N) is 3. The topological polar surface area (TPSA) is 19.4 Å². The molecule has 1 atom stereocenters. The van der Waals surface area contributed by atoms with Gasteiger partial charge in [0.25, 0.3) is 0 Å². The van der Waals surface area contributed by atoms with Crippen LogP contribution in [0.15, 0.2) is 41.4 Å². The second kappa shape index (κ2) is 8.77. The van der Waals surface area contributed by atoms with E-state index >= 15 is 0 Å². The summed E-state index contributed by atoms with van der Waals surface area (Å²) in [5.41, 5.74) is 5.30. The molecule has 2 saturated heterocycles. The van der Waals surface area contributed by atoms with E-state index in [9.17, 15) is 0 Å². The molecule has 4 heteroatoms. The van der Waals surface area contributed by atoms with E-state index in [0.717, 1.165) is 41.9 Å². The highest BCUT2D eigenvalue weighted by Crippen LogP contribution is 2.31. The van der Waals surface area contributed by atoms with Gasteiger partial charge < -0.3 is 9.80 Å². The maximum Gasteiger partial charge on any atom is 0.0535 e. The van der Waals surface area contributed by atoms with Gasteiger partial charge in [-0.3, -0.25) is 4.98 Å². The molecule has 28 heavy (non-hydrogen) atoms. The summed E-state index contributed by atoms with van der Waals surface area (Å²) in [6, 6.07) is 11.6. The molecule has 150 valence electrons. The van der Waals surface area contributed by atoms with E-state index in [-0.39, 0.29) is 0 Å². The van der Waals surface area contributed by atoms with Crippen molar-refractivity contribution in [2.75, 3.05) is 36.0 Å². The van der Waals surface area contributed by atoms with Gasteiger partial charge in [-0.05, 0) is 67.7 Å². The van der Waals surface area contributed by atoms with E-state index in [4.69, 9.17) is 0 Å². The van der Waals surface area contributed by atoms with Crippen LogP contribution in [0.1, 0.15) is 44.4 Å². The quantitative estimate of drug-likeness (QED) is 0.699. The Morgan fingerprint density at radius 2 is 1.75 bits per heavy atom. The average Bonchev–Trinajstić information content (AvgIpc) is 3.16. The Bertz CT molecular complexity index is 781. The van der Waals surface area contributed by atoms with Crippen molar-refractivity contribution in [2.24, 2.45) is 11.8 Å². The van der Waals surface area contributed by atoms with Crippen molar-refractivity contribution < 1.29 is 0 Å². The van der Waals surface area contributed by atoms with Gasteiger partial charge in [-0.2, -0.15) is 0 Å². The van der Waals surface area contributed by atoms with Crippen molar-refractivity contribution in [1.29, 1.82) is 0 Å². The van der Waals surface area contributed by atoms with Gasteiger partial charge >= 0.3 is 0 Å². The lowest BCUT2D eigenvalue weighted by Crippen LogP contribution is -2.34. The Morgan fingerprint density at radius 1 is 1.04 bits per heavy atom. The number of aromatic nitrogens is 1. The smallest absolute Gasteiger partial charge is 0.0535 e. The molecule has 2 aliphatic heterocycles. The molecule has 0 N–H and O–H groups in total. The minimum Gasteiger partial charge on any atom is -0.371 e. The van der Waals surface area contributed by atoms with E-state index in [1.165, 1.54) is 55.7 Å². The number of rotatable bonds is 5. The molecule has 4 rings (SSSR count). The van der Waals surface area contributed by atoms with Gasteiger partial charge in [0.1, 0.15) is 0 Å². The van der Waals surface area contributed by atoms with Crippen molar-refractivity contribution >= 4 is 24.0 Å². The van der Waals surface area contributed by atoms with Gasteiger partial charge in [-0.25, -0.2) is 0 Å². The standard InChI is InChI=1S/C24H33N3S/c1-3-21-15-23(24(28)16-25-21)26-12-9-20(10-13-26)14-19-4-6-22(7-5-19)27-11-8-18(2)17-27/h4-7,15-16,18,20,28H,3,8-14,17H2,1-2H3. The van der Waals surface area contributed by atoms with E-state index in [2.05, 4.69) is 71.6 Å². The molecule has 0 bridgehead atoms. The molecule has 0 radical (unpaired) electrons. The van der Waals surface area contributed by atoms with Crippen LogP contribution in [-0.4, -0.2) is 31.2 Å². The molecule has 1 aromatic carbocycles. The first kappa shape index (κ1) is 19.6. The van der Waals surface area contributed by atoms with Crippen LogP contribution in [0.4, 0.5) is 11.4 Å². The van der Waals surface area contributed by atoms with Crippen molar-refractivity contribution in [2.45, 2.75) is 50.8 Å². The fraction of sp³-hybridized carbons (Fsp3) is 0.542. The summed E-state index contributed by atoms with van der Waals surface area (Å²) in [6.45, 7) is 9.17. The maximum atomic E-state index is 4.64. The number of thiol groups is 1. The van der Waals surface area contributed by atoms with Gasteiger partial charge in [0.2, 0.25) is 0 Å². The Balaban J connectivity index is 1.32. The molecule has 1 aromatic heterocycles. The predicted molar refractivity (Wildman–Crippen MR) is 122 cm³/mol. The lowest BCUT2D eigenvalue weighted by atomic mass is 9.90. The van der Waals surface area contributed by atoms with Gasteiger partial charge in [-0.15, -0.1) is 12.6 Å². The largest absolute Gasteiger partial charge is 0.371 e. The summed E-state index contributed by atoms with van der Waals surface area (Å²) >= 11 is 4.64. The second-order valence-electron chi connectivity index (χ2n) is 8.66. The number of anilines is 2. The summed E-state index contributed by atoms with van der Waals surface area (Å²) in [4.78, 5) is 10.5. The highest BCUT2D eigenvalue weighted by atomic mass is 32.1. The monoisotopic (exact) mass is 395 g/mol. The summed E-state index contributed by atoms with van der Waals surface area (Å²) in [7, 11) is 0. The van der Waals surface area contributed by atoms with Crippen LogP contribution < -0.4 is 9.80 Å². The Kier molecular flexibility index (Phi) is 6.15. The van der Waals surface area contributed by atoms with E-state index in [1.807, 2.05) is 6.20 Å². The molecule has 0 amide bonds. The number of pyridine rings is 1. The van der Waals surface area contributed by atoms with Crippen LogP contribution in [0.5, 0.6) is 0 Å². The lowest BCUT2D eigenvalue weighted by molar-refractivity contribution is 0.403. The third kappa shape index (κ3) is 4.48. The summed E-state index contributed by atoms with van der Waals surface area (Å²) in [6.07, 6.45) is 7.92. The number of hydrogen-bond donors (Lipinski definition) is 1. The van der Waals surface area contributed by atoms with Crippen LogP contribution in [0.2, 0.25) is 0 Å². The van der Waals surface area contributed by atoms with Gasteiger partial charge in [0.05, 0.1) is 5.69 Å².